The third kappa shape index (κ3) is 2.78. The number of nitrogens with two attached hydrogens (primary N) is 1. The quantitative estimate of drug-likeness (QED) is 0.867. The van der Waals surface area contributed by atoms with Gasteiger partial charge in [-0.25, -0.2) is 0 Å². The normalized spacial score (nSPS) is 12.2. The van der Waals surface area contributed by atoms with Crippen molar-refractivity contribution in [3.63, 3.8) is 0 Å². The summed E-state index contributed by atoms with van der Waals surface area (Å²) in [7, 11) is 1.58. The van der Waals surface area contributed by atoms with E-state index in [1.807, 2.05) is 25.1 Å². The van der Waals surface area contributed by atoms with Crippen molar-refractivity contribution in [2.24, 2.45) is 5.73 Å². The summed E-state index contributed by atoms with van der Waals surface area (Å²) < 4.78 is 15.4. The van der Waals surface area contributed by atoms with Crippen molar-refractivity contribution in [1.29, 1.82) is 0 Å². The van der Waals surface area contributed by atoms with Gasteiger partial charge in [-0.3, -0.25) is 0 Å². The molecule has 96 valence electrons. The molecule has 0 aliphatic carbocycles. The smallest absolute Gasteiger partial charge is 0.213 e. The summed E-state index contributed by atoms with van der Waals surface area (Å²) in [5.41, 5.74) is 6.79. The van der Waals surface area contributed by atoms with Crippen LogP contribution >= 0.6 is 0 Å². The molecule has 1 unspecified atom stereocenters. The molecular formula is C12H15N3O3. The monoisotopic (exact) mass is 249 g/mol. The molecule has 2 N–H and O–H groups in total. The largest absolute Gasteiger partial charge is 0.493 e. The SMILES string of the molecule is COc1cc(C(C)N)ccc1OCc1ncon1. The van der Waals surface area contributed by atoms with Crippen LogP contribution in [0.25, 0.3) is 0 Å². The van der Waals surface area contributed by atoms with Gasteiger partial charge in [0.25, 0.3) is 0 Å². The van der Waals surface area contributed by atoms with Crippen LogP contribution in [0.15, 0.2) is 29.1 Å². The first-order valence-electron chi connectivity index (χ1n) is 5.52. The number of methoxy groups -OCH3 is 1. The van der Waals surface area contributed by atoms with Crippen molar-refractivity contribution in [3.8, 4) is 11.5 Å². The van der Waals surface area contributed by atoms with E-state index >= 15 is 0 Å². The summed E-state index contributed by atoms with van der Waals surface area (Å²) in [6.45, 7) is 2.14. The summed E-state index contributed by atoms with van der Waals surface area (Å²) in [4.78, 5) is 3.87. The molecule has 1 heterocycles. The van der Waals surface area contributed by atoms with Gasteiger partial charge in [-0.1, -0.05) is 11.2 Å². The molecule has 0 radical (unpaired) electrons. The molecule has 0 amide bonds. The van der Waals surface area contributed by atoms with E-state index in [2.05, 4.69) is 14.7 Å². The minimum Gasteiger partial charge on any atom is -0.493 e. The second kappa shape index (κ2) is 5.50. The zero-order chi connectivity index (χ0) is 13.0. The molecule has 0 aliphatic rings. The van der Waals surface area contributed by atoms with Crippen molar-refractivity contribution in [2.75, 3.05) is 7.11 Å². The van der Waals surface area contributed by atoms with Gasteiger partial charge in [0, 0.05) is 6.04 Å². The molecule has 6 nitrogen and oxygen atoms in total. The van der Waals surface area contributed by atoms with Crippen LogP contribution in [0.3, 0.4) is 0 Å². The Morgan fingerprint density at radius 2 is 2.22 bits per heavy atom. The Hall–Kier alpha value is -2.08. The minimum atomic E-state index is -0.0508. The number of nitrogens with zero attached hydrogens (tertiary/aromatic N) is 2. The van der Waals surface area contributed by atoms with Gasteiger partial charge < -0.3 is 19.7 Å². The van der Waals surface area contributed by atoms with Gasteiger partial charge in [0.1, 0.15) is 0 Å². The van der Waals surface area contributed by atoms with Crippen LogP contribution in [0.2, 0.25) is 0 Å². The third-order valence-electron chi connectivity index (χ3n) is 2.48. The van der Waals surface area contributed by atoms with E-state index in [9.17, 15) is 0 Å². The molecule has 2 aromatic rings. The summed E-state index contributed by atoms with van der Waals surface area (Å²) in [5.74, 6) is 1.73. The Bertz CT molecular complexity index is 497. The molecule has 1 aromatic carbocycles. The maximum atomic E-state index is 5.81. The number of ether oxygens (including phenoxy) is 2. The predicted molar refractivity (Wildman–Crippen MR) is 64.2 cm³/mol. The predicted octanol–water partition coefficient (Wildman–Crippen LogP) is 1.68. The zero-order valence-corrected chi connectivity index (χ0v) is 10.3. The zero-order valence-electron chi connectivity index (χ0n) is 10.3. The average Bonchev–Trinajstić information content (AvgIpc) is 2.89. The van der Waals surface area contributed by atoms with Crippen molar-refractivity contribution in [2.45, 2.75) is 19.6 Å². The maximum Gasteiger partial charge on any atom is 0.213 e. The highest BCUT2D eigenvalue weighted by atomic mass is 16.5. The Morgan fingerprint density at radius 1 is 1.39 bits per heavy atom. The van der Waals surface area contributed by atoms with E-state index in [4.69, 9.17) is 15.2 Å². The van der Waals surface area contributed by atoms with E-state index < -0.39 is 0 Å². The average molecular weight is 249 g/mol. The van der Waals surface area contributed by atoms with Crippen molar-refractivity contribution >= 4 is 0 Å². The van der Waals surface area contributed by atoms with Crippen LogP contribution in [0.5, 0.6) is 11.5 Å². The lowest BCUT2D eigenvalue weighted by Gasteiger charge is -2.12. The Kier molecular flexibility index (Phi) is 3.78. The molecule has 1 aromatic heterocycles. The maximum absolute atomic E-state index is 5.81. The molecule has 0 saturated carbocycles. The number of aromatic nitrogens is 2. The van der Waals surface area contributed by atoms with Crippen LogP contribution in [-0.4, -0.2) is 17.3 Å². The molecule has 0 saturated heterocycles. The van der Waals surface area contributed by atoms with E-state index in [0.29, 0.717) is 17.3 Å². The Morgan fingerprint density at radius 3 is 2.83 bits per heavy atom. The van der Waals surface area contributed by atoms with E-state index in [-0.39, 0.29) is 12.6 Å². The van der Waals surface area contributed by atoms with Crippen molar-refractivity contribution < 1.29 is 14.0 Å². The molecule has 1 atom stereocenters. The van der Waals surface area contributed by atoms with Crippen LogP contribution < -0.4 is 15.2 Å². The number of hydrogen-bond acceptors (Lipinski definition) is 6. The minimum absolute atomic E-state index is 0.0508. The van der Waals surface area contributed by atoms with Crippen LogP contribution in [-0.2, 0) is 6.61 Å². The number of benzene rings is 1. The molecular weight excluding hydrogens is 234 g/mol. The van der Waals surface area contributed by atoms with Gasteiger partial charge in [-0.05, 0) is 24.6 Å². The molecule has 0 fully saturated rings. The van der Waals surface area contributed by atoms with Crippen LogP contribution in [0.4, 0.5) is 0 Å². The topological polar surface area (TPSA) is 83.4 Å². The molecule has 18 heavy (non-hydrogen) atoms. The van der Waals surface area contributed by atoms with Crippen LogP contribution in [0.1, 0.15) is 24.4 Å². The highest BCUT2D eigenvalue weighted by Gasteiger charge is 2.09. The highest BCUT2D eigenvalue weighted by Crippen LogP contribution is 2.30. The van der Waals surface area contributed by atoms with Gasteiger partial charge >= 0.3 is 0 Å². The Balaban J connectivity index is 2.12. The first-order chi connectivity index (χ1) is 8.70. The van der Waals surface area contributed by atoms with E-state index in [0.717, 1.165) is 5.56 Å². The molecule has 6 heteroatoms. The lowest BCUT2D eigenvalue weighted by molar-refractivity contribution is 0.269. The summed E-state index contributed by atoms with van der Waals surface area (Å²) in [6.07, 6.45) is 1.26. The van der Waals surface area contributed by atoms with Gasteiger partial charge in [-0.2, -0.15) is 4.98 Å². The lowest BCUT2D eigenvalue weighted by Crippen LogP contribution is -2.06. The standard InChI is InChI=1S/C12H15N3O3/c1-8(13)9-3-4-10(11(5-9)16-2)17-6-12-14-7-18-15-12/h3-5,7-8H,6,13H2,1-2H3. The fraction of sp³-hybridized carbons (Fsp3) is 0.333. The lowest BCUT2D eigenvalue weighted by atomic mass is 10.1. The van der Waals surface area contributed by atoms with E-state index in [1.165, 1.54) is 6.39 Å². The molecule has 0 bridgehead atoms. The van der Waals surface area contributed by atoms with Crippen molar-refractivity contribution in [1.82, 2.24) is 10.1 Å². The first-order valence-corrected chi connectivity index (χ1v) is 5.52. The fourth-order valence-corrected chi connectivity index (χ4v) is 1.48. The van der Waals surface area contributed by atoms with Gasteiger partial charge in [0.2, 0.25) is 12.2 Å². The third-order valence-corrected chi connectivity index (χ3v) is 2.48. The van der Waals surface area contributed by atoms with E-state index in [1.54, 1.807) is 7.11 Å². The Labute approximate surface area is 105 Å². The fourth-order valence-electron chi connectivity index (χ4n) is 1.48. The van der Waals surface area contributed by atoms with Gasteiger partial charge in [0.05, 0.1) is 7.11 Å². The molecule has 0 spiro atoms. The van der Waals surface area contributed by atoms with Gasteiger partial charge in [-0.15, -0.1) is 0 Å². The first kappa shape index (κ1) is 12.4. The molecule has 2 rings (SSSR count). The van der Waals surface area contributed by atoms with Crippen LogP contribution in [0, 0.1) is 0 Å². The summed E-state index contributed by atoms with van der Waals surface area (Å²) in [5, 5.41) is 3.66. The second-order valence-electron chi connectivity index (χ2n) is 3.84. The second-order valence-corrected chi connectivity index (χ2v) is 3.84. The molecule has 0 aliphatic heterocycles. The highest BCUT2D eigenvalue weighted by molar-refractivity contribution is 5.43. The van der Waals surface area contributed by atoms with Gasteiger partial charge in [0.15, 0.2) is 18.1 Å². The number of hydrogen-bond donors (Lipinski definition) is 1. The number of rotatable bonds is 5. The van der Waals surface area contributed by atoms with Crippen molar-refractivity contribution in [3.05, 3.63) is 36.0 Å². The summed E-state index contributed by atoms with van der Waals surface area (Å²) in [6, 6.07) is 5.53. The summed E-state index contributed by atoms with van der Waals surface area (Å²) >= 11 is 0.